The zero-order valence-corrected chi connectivity index (χ0v) is 16.9. The Kier molecular flexibility index (Phi) is 5.14. The molecular weight excluding hydrogens is 394 g/mol. The minimum Gasteiger partial charge on any atom is -0.497 e. The van der Waals surface area contributed by atoms with E-state index in [1.165, 1.54) is 30.5 Å². The summed E-state index contributed by atoms with van der Waals surface area (Å²) in [7, 11) is 3.02. The van der Waals surface area contributed by atoms with Gasteiger partial charge in [0, 0.05) is 30.8 Å². The first-order valence-electron chi connectivity index (χ1n) is 9.24. The molecule has 4 rings (SSSR count). The quantitative estimate of drug-likeness (QED) is 0.758. The molecule has 2 aliphatic rings. The summed E-state index contributed by atoms with van der Waals surface area (Å²) in [6.45, 7) is 0.405. The third-order valence-corrected chi connectivity index (χ3v) is 6.09. The van der Waals surface area contributed by atoms with Crippen molar-refractivity contribution in [2.24, 2.45) is 0 Å². The minimum atomic E-state index is -0.595. The Bertz CT molecular complexity index is 923. The summed E-state index contributed by atoms with van der Waals surface area (Å²) in [6.07, 6.45) is 0.987. The van der Waals surface area contributed by atoms with Gasteiger partial charge in [-0.2, -0.15) is 0 Å². The Labute approximate surface area is 172 Å². The van der Waals surface area contributed by atoms with Crippen molar-refractivity contribution < 1.29 is 23.9 Å². The molecule has 0 aliphatic carbocycles. The standard InChI is InChI=1S/C20H21N3O5S/c1-27-14-9-13(10-15(11-14)28-2)23-19(25)16-8-12(5-6-22(16)20(23)26)21-18(24)17-4-3-7-29-17/h3-4,7,9-12,16H,5-6,8H2,1-2H3,(H,21,24). The lowest BCUT2D eigenvalue weighted by atomic mass is 9.98. The van der Waals surface area contributed by atoms with E-state index in [-0.39, 0.29) is 23.9 Å². The number of carbonyl (C=O) groups is 3. The summed E-state index contributed by atoms with van der Waals surface area (Å²) in [5, 5.41) is 4.83. The molecule has 0 spiro atoms. The number of ether oxygens (including phenoxy) is 2. The molecule has 2 unspecified atom stereocenters. The number of carbonyl (C=O) groups excluding carboxylic acids is 3. The van der Waals surface area contributed by atoms with Gasteiger partial charge in [-0.15, -0.1) is 11.3 Å². The van der Waals surface area contributed by atoms with Crippen molar-refractivity contribution in [3.8, 4) is 11.5 Å². The third-order valence-electron chi connectivity index (χ3n) is 5.22. The number of anilines is 1. The Morgan fingerprint density at radius 2 is 1.90 bits per heavy atom. The number of amides is 4. The molecule has 8 nitrogen and oxygen atoms in total. The number of hydrogen-bond acceptors (Lipinski definition) is 6. The number of rotatable bonds is 5. The fraction of sp³-hybridized carbons (Fsp3) is 0.350. The zero-order chi connectivity index (χ0) is 20.5. The van der Waals surface area contributed by atoms with Crippen LogP contribution in [0.15, 0.2) is 35.7 Å². The van der Waals surface area contributed by atoms with Gasteiger partial charge < -0.3 is 19.7 Å². The van der Waals surface area contributed by atoms with Crippen molar-refractivity contribution in [1.82, 2.24) is 10.2 Å². The van der Waals surface area contributed by atoms with Crippen LogP contribution in [-0.4, -0.2) is 55.6 Å². The van der Waals surface area contributed by atoms with E-state index in [4.69, 9.17) is 9.47 Å². The molecule has 0 bridgehead atoms. The number of piperidine rings is 1. The van der Waals surface area contributed by atoms with Crippen LogP contribution in [0.1, 0.15) is 22.5 Å². The number of nitrogens with one attached hydrogen (secondary N) is 1. The van der Waals surface area contributed by atoms with Gasteiger partial charge in [-0.25, -0.2) is 9.69 Å². The van der Waals surface area contributed by atoms with Crippen molar-refractivity contribution >= 4 is 34.9 Å². The summed E-state index contributed by atoms with van der Waals surface area (Å²) in [6, 6.07) is 7.40. The van der Waals surface area contributed by atoms with E-state index in [1.54, 1.807) is 29.2 Å². The second-order valence-corrected chi connectivity index (χ2v) is 7.86. The van der Waals surface area contributed by atoms with Crippen molar-refractivity contribution in [2.75, 3.05) is 25.7 Å². The maximum absolute atomic E-state index is 13.1. The molecule has 2 aromatic rings. The van der Waals surface area contributed by atoms with Gasteiger partial charge in [-0.1, -0.05) is 6.07 Å². The van der Waals surface area contributed by atoms with Gasteiger partial charge in [0.2, 0.25) is 0 Å². The van der Waals surface area contributed by atoms with Crippen molar-refractivity contribution in [1.29, 1.82) is 0 Å². The normalized spacial score (nSPS) is 21.2. The van der Waals surface area contributed by atoms with Gasteiger partial charge in [-0.05, 0) is 24.3 Å². The van der Waals surface area contributed by atoms with Crippen LogP contribution >= 0.6 is 11.3 Å². The Morgan fingerprint density at radius 3 is 2.52 bits per heavy atom. The van der Waals surface area contributed by atoms with E-state index in [0.717, 1.165) is 0 Å². The molecule has 9 heteroatoms. The van der Waals surface area contributed by atoms with Gasteiger partial charge in [0.05, 0.1) is 24.8 Å². The van der Waals surface area contributed by atoms with Gasteiger partial charge in [-0.3, -0.25) is 9.59 Å². The number of imide groups is 1. The van der Waals surface area contributed by atoms with E-state index in [1.807, 2.05) is 11.4 Å². The molecule has 2 atom stereocenters. The highest BCUT2D eigenvalue weighted by Crippen LogP contribution is 2.35. The molecule has 1 aromatic carbocycles. The highest BCUT2D eigenvalue weighted by atomic mass is 32.1. The molecule has 2 fully saturated rings. The summed E-state index contributed by atoms with van der Waals surface area (Å²) in [4.78, 5) is 41.7. The maximum Gasteiger partial charge on any atom is 0.332 e. The van der Waals surface area contributed by atoms with E-state index in [9.17, 15) is 14.4 Å². The first-order chi connectivity index (χ1) is 14.0. The average Bonchev–Trinajstić information content (AvgIpc) is 3.35. The molecule has 1 aromatic heterocycles. The van der Waals surface area contributed by atoms with Crippen molar-refractivity contribution in [3.63, 3.8) is 0 Å². The lowest BCUT2D eigenvalue weighted by Gasteiger charge is -2.32. The van der Waals surface area contributed by atoms with Crippen LogP contribution in [-0.2, 0) is 4.79 Å². The molecule has 2 saturated heterocycles. The van der Waals surface area contributed by atoms with Crippen LogP contribution in [0, 0.1) is 0 Å². The van der Waals surface area contributed by atoms with Crippen LogP contribution in [0.5, 0.6) is 11.5 Å². The predicted octanol–water partition coefficient (Wildman–Crippen LogP) is 2.49. The smallest absolute Gasteiger partial charge is 0.332 e. The Hall–Kier alpha value is -3.07. The number of benzene rings is 1. The topological polar surface area (TPSA) is 88.2 Å². The van der Waals surface area contributed by atoms with E-state index in [2.05, 4.69) is 5.32 Å². The third kappa shape index (κ3) is 3.53. The Balaban J connectivity index is 1.53. The first kappa shape index (κ1) is 19.3. The van der Waals surface area contributed by atoms with Crippen molar-refractivity contribution in [2.45, 2.75) is 24.9 Å². The summed E-state index contributed by atoms with van der Waals surface area (Å²) >= 11 is 1.37. The van der Waals surface area contributed by atoms with Crippen LogP contribution < -0.4 is 19.7 Å². The van der Waals surface area contributed by atoms with Gasteiger partial charge in [0.15, 0.2) is 0 Å². The lowest BCUT2D eigenvalue weighted by Crippen LogP contribution is -2.49. The van der Waals surface area contributed by atoms with Crippen LogP contribution in [0.2, 0.25) is 0 Å². The number of nitrogens with zero attached hydrogens (tertiary/aromatic N) is 2. The summed E-state index contributed by atoms with van der Waals surface area (Å²) in [5.74, 6) is 0.529. The van der Waals surface area contributed by atoms with E-state index in [0.29, 0.717) is 41.4 Å². The van der Waals surface area contributed by atoms with Crippen molar-refractivity contribution in [3.05, 3.63) is 40.6 Å². The second-order valence-electron chi connectivity index (χ2n) is 6.91. The molecule has 2 aliphatic heterocycles. The summed E-state index contributed by atoms with van der Waals surface area (Å²) in [5.41, 5.74) is 0.407. The fourth-order valence-electron chi connectivity index (χ4n) is 3.75. The van der Waals surface area contributed by atoms with Crippen LogP contribution in [0.3, 0.4) is 0 Å². The fourth-order valence-corrected chi connectivity index (χ4v) is 4.38. The Morgan fingerprint density at radius 1 is 1.17 bits per heavy atom. The number of fused-ring (bicyclic) bond motifs is 1. The number of hydrogen-bond donors (Lipinski definition) is 1. The highest BCUT2D eigenvalue weighted by molar-refractivity contribution is 7.12. The minimum absolute atomic E-state index is 0.149. The molecule has 152 valence electrons. The van der Waals surface area contributed by atoms with Gasteiger partial charge >= 0.3 is 6.03 Å². The average molecular weight is 415 g/mol. The monoisotopic (exact) mass is 415 g/mol. The number of urea groups is 1. The van der Waals surface area contributed by atoms with Crippen LogP contribution in [0.25, 0.3) is 0 Å². The second kappa shape index (κ2) is 7.75. The highest BCUT2D eigenvalue weighted by Gasteiger charge is 2.49. The molecule has 0 radical (unpaired) electrons. The van der Waals surface area contributed by atoms with Gasteiger partial charge in [0.1, 0.15) is 17.5 Å². The van der Waals surface area contributed by atoms with Crippen LogP contribution in [0.4, 0.5) is 10.5 Å². The molecule has 4 amide bonds. The molecule has 0 saturated carbocycles. The molecule has 1 N–H and O–H groups in total. The first-order valence-corrected chi connectivity index (χ1v) is 10.1. The van der Waals surface area contributed by atoms with E-state index >= 15 is 0 Å². The maximum atomic E-state index is 13.1. The number of thiophene rings is 1. The molecule has 3 heterocycles. The largest absolute Gasteiger partial charge is 0.497 e. The number of methoxy groups -OCH3 is 2. The van der Waals surface area contributed by atoms with E-state index < -0.39 is 6.04 Å². The lowest BCUT2D eigenvalue weighted by molar-refractivity contribution is -0.120. The molecule has 29 heavy (non-hydrogen) atoms. The SMILES string of the molecule is COc1cc(OC)cc(N2C(=O)C3CC(NC(=O)c4cccs4)CCN3C2=O)c1. The summed E-state index contributed by atoms with van der Waals surface area (Å²) < 4.78 is 10.5. The molecular formula is C20H21N3O5S. The predicted molar refractivity (Wildman–Crippen MR) is 108 cm³/mol. The zero-order valence-electron chi connectivity index (χ0n) is 16.1. The van der Waals surface area contributed by atoms with Gasteiger partial charge in [0.25, 0.3) is 11.8 Å².